The van der Waals surface area contributed by atoms with Crippen molar-refractivity contribution in [2.45, 2.75) is 24.3 Å². The molecular weight excluding hydrogens is 416 g/mol. The molecule has 0 spiro atoms. The highest BCUT2D eigenvalue weighted by molar-refractivity contribution is 8.03. The van der Waals surface area contributed by atoms with Crippen molar-refractivity contribution in [3.05, 3.63) is 83.5 Å². The van der Waals surface area contributed by atoms with Gasteiger partial charge in [0.2, 0.25) is 5.52 Å². The first-order valence-electron chi connectivity index (χ1n) is 9.65. The van der Waals surface area contributed by atoms with Gasteiger partial charge in [-0.3, -0.25) is 4.79 Å². The number of carboxylic acid groups (broad SMARTS) is 1. The molecule has 0 radical (unpaired) electrons. The number of benzene rings is 2. The average molecular weight is 439 g/mol. The second kappa shape index (κ2) is 9.83. The molecule has 30 heavy (non-hydrogen) atoms. The predicted octanol–water partition coefficient (Wildman–Crippen LogP) is 2.09. The lowest BCUT2D eigenvalue weighted by molar-refractivity contribution is -0.671. The lowest BCUT2D eigenvalue weighted by Crippen LogP contribution is -3.00. The van der Waals surface area contributed by atoms with Crippen LogP contribution in [0.25, 0.3) is 17.0 Å². The van der Waals surface area contributed by atoms with Crippen molar-refractivity contribution in [2.24, 2.45) is 0 Å². The van der Waals surface area contributed by atoms with Crippen LogP contribution in [0.5, 0.6) is 0 Å². The number of pyridine rings is 1. The Balaban J connectivity index is 0.00000256. The number of carbonyl (C=O) groups is 1. The summed E-state index contributed by atoms with van der Waals surface area (Å²) in [5.74, 6) is -0.751. The van der Waals surface area contributed by atoms with Crippen LogP contribution >= 0.6 is 11.8 Å². The van der Waals surface area contributed by atoms with Gasteiger partial charge in [0.1, 0.15) is 6.54 Å². The van der Waals surface area contributed by atoms with Crippen molar-refractivity contribution < 1.29 is 26.9 Å². The maximum atomic E-state index is 10.8. The van der Waals surface area contributed by atoms with Gasteiger partial charge in [0, 0.05) is 30.5 Å². The van der Waals surface area contributed by atoms with E-state index >= 15 is 0 Å². The molecule has 1 aliphatic rings. The van der Waals surface area contributed by atoms with Gasteiger partial charge in [-0.15, -0.1) is 0 Å². The van der Waals surface area contributed by atoms with Crippen LogP contribution in [-0.2, 0) is 11.3 Å². The first-order valence-corrected chi connectivity index (χ1v) is 10.5. The summed E-state index contributed by atoms with van der Waals surface area (Å²) in [4.78, 5) is 14.3. The minimum absolute atomic E-state index is 0. The number of allylic oxidation sites excluding steroid dienone is 2. The zero-order valence-electron chi connectivity index (χ0n) is 16.7. The van der Waals surface area contributed by atoms with Crippen molar-refractivity contribution in [1.82, 2.24) is 0 Å². The molecular formula is C24H23ClN2O2S. The molecule has 2 heterocycles. The summed E-state index contributed by atoms with van der Waals surface area (Å²) in [6, 6.07) is 18.8. The van der Waals surface area contributed by atoms with E-state index in [0.29, 0.717) is 13.0 Å². The molecule has 0 saturated carbocycles. The molecule has 1 aliphatic heterocycles. The van der Waals surface area contributed by atoms with E-state index in [-0.39, 0.29) is 18.8 Å². The van der Waals surface area contributed by atoms with E-state index in [2.05, 4.69) is 77.2 Å². The van der Waals surface area contributed by atoms with Gasteiger partial charge < -0.3 is 22.4 Å². The first-order chi connectivity index (χ1) is 14.1. The van der Waals surface area contributed by atoms with E-state index < -0.39 is 5.97 Å². The van der Waals surface area contributed by atoms with Crippen molar-refractivity contribution in [1.29, 1.82) is 0 Å². The number of thioether (sulfide) groups is 1. The van der Waals surface area contributed by atoms with E-state index in [1.807, 2.05) is 18.3 Å². The van der Waals surface area contributed by atoms with Crippen LogP contribution in [0.4, 0.5) is 5.69 Å². The molecule has 4 nitrogen and oxygen atoms in total. The summed E-state index contributed by atoms with van der Waals surface area (Å²) >= 11 is 1.78. The molecule has 4 rings (SSSR count). The summed E-state index contributed by atoms with van der Waals surface area (Å²) in [6.45, 7) is 0.695. The highest BCUT2D eigenvalue weighted by Crippen LogP contribution is 2.44. The Labute approximate surface area is 186 Å². The van der Waals surface area contributed by atoms with Gasteiger partial charge in [-0.1, -0.05) is 48.2 Å². The fraction of sp³-hybridized carbons (Fsp3) is 0.167. The molecule has 0 unspecified atom stereocenters. The van der Waals surface area contributed by atoms with E-state index in [9.17, 15) is 4.79 Å². The number of carboxylic acids is 1. The normalized spacial score (nSPS) is 14.3. The van der Waals surface area contributed by atoms with Gasteiger partial charge in [-0.25, -0.2) is 0 Å². The van der Waals surface area contributed by atoms with Gasteiger partial charge in [0.15, 0.2) is 6.20 Å². The Hall–Kier alpha value is -2.76. The Morgan fingerprint density at radius 2 is 1.90 bits per heavy atom. The summed E-state index contributed by atoms with van der Waals surface area (Å²) in [7, 11) is 2.09. The smallest absolute Gasteiger partial charge is 0.303 e. The second-order valence-corrected chi connectivity index (χ2v) is 8.03. The zero-order valence-corrected chi connectivity index (χ0v) is 18.2. The predicted molar refractivity (Wildman–Crippen MR) is 119 cm³/mol. The van der Waals surface area contributed by atoms with E-state index in [4.69, 9.17) is 5.11 Å². The van der Waals surface area contributed by atoms with Crippen LogP contribution in [0.1, 0.15) is 18.4 Å². The van der Waals surface area contributed by atoms with Crippen LogP contribution in [-0.4, -0.2) is 18.1 Å². The number of halogens is 1. The molecule has 3 aromatic rings. The van der Waals surface area contributed by atoms with Crippen molar-refractivity contribution in [3.8, 4) is 0 Å². The molecule has 0 bridgehead atoms. The number of nitrogens with zero attached hydrogens (tertiary/aromatic N) is 2. The molecule has 6 heteroatoms. The third kappa shape index (κ3) is 4.69. The van der Waals surface area contributed by atoms with Gasteiger partial charge in [0.25, 0.3) is 0 Å². The SMILES string of the molecule is CN1C(=CC=Cc2cc[n+](CCCC(=O)O)c3ccccc23)Sc2ccccc21.[Cl-]. The number of aryl methyl sites for hydroxylation is 1. The number of hydrogen-bond donors (Lipinski definition) is 1. The summed E-state index contributed by atoms with van der Waals surface area (Å²) < 4.78 is 2.13. The lowest BCUT2D eigenvalue weighted by Gasteiger charge is -2.12. The molecule has 0 aliphatic carbocycles. The summed E-state index contributed by atoms with van der Waals surface area (Å²) in [5.41, 5.74) is 3.51. The van der Waals surface area contributed by atoms with Gasteiger partial charge in [-0.05, 0) is 29.8 Å². The quantitative estimate of drug-likeness (QED) is 0.598. The van der Waals surface area contributed by atoms with Crippen LogP contribution in [0.15, 0.2) is 82.9 Å². The molecule has 1 N–H and O–H groups in total. The fourth-order valence-electron chi connectivity index (χ4n) is 3.55. The summed E-state index contributed by atoms with van der Waals surface area (Å²) in [6.07, 6.45) is 9.23. The molecule has 0 saturated heterocycles. The number of hydrogen-bond acceptors (Lipinski definition) is 3. The zero-order chi connectivity index (χ0) is 20.2. The number of rotatable bonds is 6. The van der Waals surface area contributed by atoms with E-state index in [1.54, 1.807) is 11.8 Å². The van der Waals surface area contributed by atoms with Crippen LogP contribution in [0.2, 0.25) is 0 Å². The third-order valence-electron chi connectivity index (χ3n) is 5.03. The first kappa shape index (κ1) is 21.9. The topological polar surface area (TPSA) is 44.4 Å². The Morgan fingerprint density at radius 1 is 1.13 bits per heavy atom. The number of anilines is 1. The van der Waals surface area contributed by atoms with Crippen molar-refractivity contribution >= 4 is 40.4 Å². The number of aliphatic carboxylic acids is 1. The molecule has 2 aromatic carbocycles. The Bertz CT molecular complexity index is 1130. The molecule has 0 fully saturated rings. The van der Waals surface area contributed by atoms with Crippen LogP contribution < -0.4 is 21.9 Å². The standard InChI is InChI=1S/C24H22N2O2S.ClH/c1-25-21-11-4-5-12-22(21)29-23(25)13-6-8-18-15-17-26(16-7-14-24(27)28)20-10-3-2-9-19(18)20;/h2-6,8-13,15,17H,7,14,16H2,1H3;1H. The molecule has 0 atom stereocenters. The van der Waals surface area contributed by atoms with Crippen molar-refractivity contribution in [3.63, 3.8) is 0 Å². The van der Waals surface area contributed by atoms with Crippen molar-refractivity contribution in [2.75, 3.05) is 11.9 Å². The second-order valence-electron chi connectivity index (χ2n) is 6.97. The van der Waals surface area contributed by atoms with Crippen LogP contribution in [0, 0.1) is 0 Å². The van der Waals surface area contributed by atoms with Gasteiger partial charge in [0.05, 0.1) is 22.5 Å². The van der Waals surface area contributed by atoms with Gasteiger partial charge >= 0.3 is 5.97 Å². The maximum absolute atomic E-state index is 10.8. The highest BCUT2D eigenvalue weighted by Gasteiger charge is 2.20. The van der Waals surface area contributed by atoms with E-state index in [1.165, 1.54) is 15.6 Å². The molecule has 154 valence electrons. The maximum Gasteiger partial charge on any atom is 0.303 e. The van der Waals surface area contributed by atoms with E-state index in [0.717, 1.165) is 16.5 Å². The average Bonchev–Trinajstić information content (AvgIpc) is 3.05. The minimum atomic E-state index is -0.751. The number of aromatic nitrogens is 1. The van der Waals surface area contributed by atoms with Crippen LogP contribution in [0.3, 0.4) is 0 Å². The Kier molecular flexibility index (Phi) is 7.19. The third-order valence-corrected chi connectivity index (χ3v) is 6.22. The van der Waals surface area contributed by atoms with Gasteiger partial charge in [-0.2, -0.15) is 4.57 Å². The summed E-state index contributed by atoms with van der Waals surface area (Å²) in [5, 5.41) is 11.2. The Morgan fingerprint density at radius 3 is 2.70 bits per heavy atom. The number of para-hydroxylation sites is 2. The highest BCUT2D eigenvalue weighted by atomic mass is 35.5. The largest absolute Gasteiger partial charge is 1.00 e. The molecule has 1 aromatic heterocycles. The fourth-order valence-corrected chi connectivity index (χ4v) is 4.61. The monoisotopic (exact) mass is 438 g/mol. The number of fused-ring (bicyclic) bond motifs is 2. The minimum Gasteiger partial charge on any atom is -1.00 e. The molecule has 0 amide bonds. The lowest BCUT2D eigenvalue weighted by atomic mass is 10.1.